The van der Waals surface area contributed by atoms with E-state index in [4.69, 9.17) is 4.74 Å². The molecule has 2 heterocycles. The molecule has 1 aromatic rings. The SMILES string of the molecule is CC1CCCC(c2ccc3c(c2)CCO3)N1. The van der Waals surface area contributed by atoms with Gasteiger partial charge in [0, 0.05) is 18.5 Å². The van der Waals surface area contributed by atoms with Crippen LogP contribution in [0, 0.1) is 0 Å². The lowest BCUT2D eigenvalue weighted by molar-refractivity contribution is 0.341. The molecule has 2 unspecified atom stereocenters. The Balaban J connectivity index is 1.83. The van der Waals surface area contributed by atoms with Gasteiger partial charge in [0.1, 0.15) is 5.75 Å². The zero-order valence-electron chi connectivity index (χ0n) is 9.83. The molecular formula is C14H19NO. The van der Waals surface area contributed by atoms with Crippen LogP contribution in [0.15, 0.2) is 18.2 Å². The second kappa shape index (κ2) is 4.10. The Hall–Kier alpha value is -1.02. The highest BCUT2D eigenvalue weighted by molar-refractivity contribution is 5.40. The monoisotopic (exact) mass is 217 g/mol. The van der Waals surface area contributed by atoms with Crippen LogP contribution in [0.5, 0.6) is 5.75 Å². The van der Waals surface area contributed by atoms with E-state index in [9.17, 15) is 0 Å². The number of piperidine rings is 1. The van der Waals surface area contributed by atoms with E-state index < -0.39 is 0 Å². The fraction of sp³-hybridized carbons (Fsp3) is 0.571. The number of ether oxygens (including phenoxy) is 1. The largest absolute Gasteiger partial charge is 0.493 e. The lowest BCUT2D eigenvalue weighted by Crippen LogP contribution is -2.34. The molecule has 0 aromatic heterocycles. The van der Waals surface area contributed by atoms with E-state index in [0.29, 0.717) is 12.1 Å². The van der Waals surface area contributed by atoms with E-state index in [1.54, 1.807) is 0 Å². The number of hydrogen-bond donors (Lipinski definition) is 1. The minimum atomic E-state index is 0.551. The summed E-state index contributed by atoms with van der Waals surface area (Å²) in [5, 5.41) is 3.68. The molecule has 2 heteroatoms. The van der Waals surface area contributed by atoms with Crippen molar-refractivity contribution in [3.63, 3.8) is 0 Å². The van der Waals surface area contributed by atoms with Crippen molar-refractivity contribution in [3.8, 4) is 5.75 Å². The lowest BCUT2D eigenvalue weighted by atomic mass is 9.93. The fourth-order valence-electron chi connectivity index (χ4n) is 2.82. The van der Waals surface area contributed by atoms with Crippen molar-refractivity contribution in [2.24, 2.45) is 0 Å². The zero-order valence-corrected chi connectivity index (χ0v) is 9.83. The number of benzene rings is 1. The van der Waals surface area contributed by atoms with Gasteiger partial charge in [-0.25, -0.2) is 0 Å². The lowest BCUT2D eigenvalue weighted by Gasteiger charge is -2.29. The molecule has 2 atom stereocenters. The van der Waals surface area contributed by atoms with E-state index in [-0.39, 0.29) is 0 Å². The molecule has 0 spiro atoms. The molecular weight excluding hydrogens is 198 g/mol. The van der Waals surface area contributed by atoms with Gasteiger partial charge in [-0.05, 0) is 37.0 Å². The van der Waals surface area contributed by atoms with Crippen molar-refractivity contribution < 1.29 is 4.74 Å². The number of hydrogen-bond acceptors (Lipinski definition) is 2. The first kappa shape index (κ1) is 10.2. The number of nitrogens with one attached hydrogen (secondary N) is 1. The molecule has 16 heavy (non-hydrogen) atoms. The summed E-state index contributed by atoms with van der Waals surface area (Å²) >= 11 is 0. The molecule has 1 N–H and O–H groups in total. The molecule has 0 radical (unpaired) electrons. The van der Waals surface area contributed by atoms with Crippen LogP contribution in [0.3, 0.4) is 0 Å². The average Bonchev–Trinajstić information content (AvgIpc) is 2.75. The van der Waals surface area contributed by atoms with Crippen molar-refractivity contribution in [3.05, 3.63) is 29.3 Å². The number of fused-ring (bicyclic) bond motifs is 1. The van der Waals surface area contributed by atoms with Crippen LogP contribution < -0.4 is 10.1 Å². The molecule has 2 aliphatic heterocycles. The Labute approximate surface area is 97.0 Å². The van der Waals surface area contributed by atoms with Crippen molar-refractivity contribution in [1.29, 1.82) is 0 Å². The third-order valence-corrected chi connectivity index (χ3v) is 3.73. The second-order valence-electron chi connectivity index (χ2n) is 5.02. The smallest absolute Gasteiger partial charge is 0.122 e. The predicted octanol–water partition coefficient (Wildman–Crippen LogP) is 2.82. The molecule has 1 aromatic carbocycles. The van der Waals surface area contributed by atoms with Gasteiger partial charge in [-0.2, -0.15) is 0 Å². The van der Waals surface area contributed by atoms with Crippen molar-refractivity contribution >= 4 is 0 Å². The first-order chi connectivity index (χ1) is 7.83. The van der Waals surface area contributed by atoms with Crippen molar-refractivity contribution in [2.45, 2.75) is 44.7 Å². The van der Waals surface area contributed by atoms with Crippen LogP contribution >= 0.6 is 0 Å². The van der Waals surface area contributed by atoms with Gasteiger partial charge in [0.05, 0.1) is 6.61 Å². The first-order valence-corrected chi connectivity index (χ1v) is 6.34. The summed E-state index contributed by atoms with van der Waals surface area (Å²) in [4.78, 5) is 0. The molecule has 1 fully saturated rings. The summed E-state index contributed by atoms with van der Waals surface area (Å²) in [6.45, 7) is 3.13. The van der Waals surface area contributed by atoms with Crippen LogP contribution in [0.4, 0.5) is 0 Å². The minimum absolute atomic E-state index is 0.551. The minimum Gasteiger partial charge on any atom is -0.493 e. The molecule has 3 rings (SSSR count). The Kier molecular flexibility index (Phi) is 2.60. The molecule has 0 aliphatic carbocycles. The predicted molar refractivity (Wildman–Crippen MR) is 64.8 cm³/mol. The van der Waals surface area contributed by atoms with Crippen molar-refractivity contribution in [2.75, 3.05) is 6.61 Å². The Morgan fingerprint density at radius 3 is 3.12 bits per heavy atom. The van der Waals surface area contributed by atoms with Crippen LogP contribution in [0.25, 0.3) is 0 Å². The van der Waals surface area contributed by atoms with Gasteiger partial charge in [-0.15, -0.1) is 0 Å². The van der Waals surface area contributed by atoms with Crippen LogP contribution in [0.1, 0.15) is 43.4 Å². The molecule has 2 aliphatic rings. The zero-order chi connectivity index (χ0) is 11.0. The van der Waals surface area contributed by atoms with Gasteiger partial charge >= 0.3 is 0 Å². The molecule has 0 amide bonds. The van der Waals surface area contributed by atoms with E-state index in [0.717, 1.165) is 18.8 Å². The van der Waals surface area contributed by atoms with E-state index in [1.807, 2.05) is 0 Å². The van der Waals surface area contributed by atoms with E-state index in [2.05, 4.69) is 30.4 Å². The standard InChI is InChI=1S/C14H19NO/c1-10-3-2-4-13(15-10)11-5-6-14-12(9-11)7-8-16-14/h5-6,9-10,13,15H,2-4,7-8H2,1H3. The summed E-state index contributed by atoms with van der Waals surface area (Å²) < 4.78 is 5.54. The number of rotatable bonds is 1. The maximum Gasteiger partial charge on any atom is 0.122 e. The fourth-order valence-corrected chi connectivity index (χ4v) is 2.82. The van der Waals surface area contributed by atoms with Crippen molar-refractivity contribution in [1.82, 2.24) is 5.32 Å². The quantitative estimate of drug-likeness (QED) is 0.781. The third kappa shape index (κ3) is 1.82. The average molecular weight is 217 g/mol. The Bertz CT molecular complexity index is 388. The highest BCUT2D eigenvalue weighted by atomic mass is 16.5. The van der Waals surface area contributed by atoms with Gasteiger partial charge in [0.15, 0.2) is 0 Å². The normalized spacial score (nSPS) is 28.6. The summed E-state index contributed by atoms with van der Waals surface area (Å²) in [5.74, 6) is 1.09. The maximum absolute atomic E-state index is 5.54. The third-order valence-electron chi connectivity index (χ3n) is 3.73. The summed E-state index contributed by atoms with van der Waals surface area (Å²) in [7, 11) is 0. The van der Waals surface area contributed by atoms with Gasteiger partial charge in [0.25, 0.3) is 0 Å². The van der Waals surface area contributed by atoms with Gasteiger partial charge in [-0.1, -0.05) is 18.6 Å². The highest BCUT2D eigenvalue weighted by Gasteiger charge is 2.21. The van der Waals surface area contributed by atoms with Gasteiger partial charge in [-0.3, -0.25) is 0 Å². The van der Waals surface area contributed by atoms with Crippen LogP contribution in [-0.4, -0.2) is 12.6 Å². The Morgan fingerprint density at radius 1 is 1.31 bits per heavy atom. The first-order valence-electron chi connectivity index (χ1n) is 6.34. The summed E-state index contributed by atoms with van der Waals surface area (Å²) in [6, 6.07) is 7.90. The van der Waals surface area contributed by atoms with E-state index >= 15 is 0 Å². The van der Waals surface area contributed by atoms with E-state index in [1.165, 1.54) is 30.4 Å². The summed E-state index contributed by atoms with van der Waals surface area (Å²) in [5.41, 5.74) is 2.83. The maximum atomic E-state index is 5.54. The topological polar surface area (TPSA) is 21.3 Å². The van der Waals surface area contributed by atoms with Gasteiger partial charge in [0.2, 0.25) is 0 Å². The van der Waals surface area contributed by atoms with Crippen LogP contribution in [0.2, 0.25) is 0 Å². The second-order valence-corrected chi connectivity index (χ2v) is 5.02. The van der Waals surface area contributed by atoms with Crippen LogP contribution in [-0.2, 0) is 6.42 Å². The molecule has 2 nitrogen and oxygen atoms in total. The highest BCUT2D eigenvalue weighted by Crippen LogP contribution is 2.31. The molecule has 0 saturated carbocycles. The summed E-state index contributed by atoms with van der Waals surface area (Å²) in [6.07, 6.45) is 4.99. The molecule has 1 saturated heterocycles. The van der Waals surface area contributed by atoms with Gasteiger partial charge < -0.3 is 10.1 Å². The molecule has 86 valence electrons. The Morgan fingerprint density at radius 2 is 2.25 bits per heavy atom. The molecule has 0 bridgehead atoms.